The number of hydrogen-bond donors (Lipinski definition) is 2. The Kier molecular flexibility index (Phi) is 11.0. The van der Waals surface area contributed by atoms with E-state index in [-0.39, 0.29) is 12.3 Å². The second kappa shape index (κ2) is 10.9. The summed E-state index contributed by atoms with van der Waals surface area (Å²) in [5.74, 6) is 0. The molecular formula is C15H34BO3P. The SMILES string of the molecule is CCCCCCCC(C)(BP(=O)(O)O)CCCCCC. The zero-order chi connectivity index (χ0) is 15.5. The van der Waals surface area contributed by atoms with E-state index in [4.69, 9.17) is 0 Å². The highest BCUT2D eigenvalue weighted by Gasteiger charge is 2.34. The number of hydrogen-bond acceptors (Lipinski definition) is 1. The maximum atomic E-state index is 11.4. The fourth-order valence-corrected chi connectivity index (χ4v) is 4.22. The Morgan fingerprint density at radius 1 is 0.850 bits per heavy atom. The summed E-state index contributed by atoms with van der Waals surface area (Å²) < 4.78 is 11.4. The molecule has 0 saturated carbocycles. The summed E-state index contributed by atoms with van der Waals surface area (Å²) >= 11 is 0. The third-order valence-electron chi connectivity index (χ3n) is 4.11. The second-order valence-electron chi connectivity index (χ2n) is 6.61. The van der Waals surface area contributed by atoms with E-state index in [1.54, 1.807) is 0 Å². The first-order valence-electron chi connectivity index (χ1n) is 8.37. The fourth-order valence-electron chi connectivity index (χ4n) is 2.91. The van der Waals surface area contributed by atoms with E-state index >= 15 is 0 Å². The average molecular weight is 304 g/mol. The van der Waals surface area contributed by atoms with Gasteiger partial charge in [0, 0.05) is 0 Å². The van der Waals surface area contributed by atoms with Crippen LogP contribution in [0.2, 0.25) is 5.31 Å². The molecule has 1 atom stereocenters. The van der Waals surface area contributed by atoms with E-state index in [0.717, 1.165) is 25.7 Å². The highest BCUT2D eigenvalue weighted by molar-refractivity contribution is 7.82. The summed E-state index contributed by atoms with van der Waals surface area (Å²) in [6, 6.07) is 0. The molecule has 0 saturated heterocycles. The van der Waals surface area contributed by atoms with Crippen LogP contribution in [0.4, 0.5) is 0 Å². The Balaban J connectivity index is 4.20. The molecule has 0 aliphatic carbocycles. The van der Waals surface area contributed by atoms with Crippen molar-refractivity contribution in [3.05, 3.63) is 0 Å². The molecule has 120 valence electrons. The summed E-state index contributed by atoms with van der Waals surface area (Å²) in [5.41, 5.74) is 0. The van der Waals surface area contributed by atoms with Crippen molar-refractivity contribution in [2.75, 3.05) is 0 Å². The molecule has 3 nitrogen and oxygen atoms in total. The van der Waals surface area contributed by atoms with Crippen molar-refractivity contribution in [1.29, 1.82) is 0 Å². The van der Waals surface area contributed by atoms with Crippen molar-refractivity contribution in [2.24, 2.45) is 0 Å². The Bertz CT molecular complexity index is 280. The van der Waals surface area contributed by atoms with Crippen LogP contribution < -0.4 is 0 Å². The van der Waals surface area contributed by atoms with Crippen LogP contribution in [0.3, 0.4) is 0 Å². The lowest BCUT2D eigenvalue weighted by Gasteiger charge is -2.29. The van der Waals surface area contributed by atoms with Gasteiger partial charge < -0.3 is 9.79 Å². The lowest BCUT2D eigenvalue weighted by atomic mass is 9.63. The first-order chi connectivity index (χ1) is 9.33. The van der Waals surface area contributed by atoms with Gasteiger partial charge in [0.25, 0.3) is 14.5 Å². The van der Waals surface area contributed by atoms with Crippen LogP contribution in [0.1, 0.15) is 91.4 Å². The molecule has 0 aromatic rings. The molecule has 0 aromatic carbocycles. The third kappa shape index (κ3) is 12.0. The van der Waals surface area contributed by atoms with Gasteiger partial charge in [-0.15, -0.1) is 0 Å². The lowest BCUT2D eigenvalue weighted by Crippen LogP contribution is -2.18. The topological polar surface area (TPSA) is 57.5 Å². The Labute approximate surface area is 126 Å². The van der Waals surface area contributed by atoms with Crippen LogP contribution in [-0.2, 0) is 4.57 Å². The predicted molar refractivity (Wildman–Crippen MR) is 89.7 cm³/mol. The minimum absolute atomic E-state index is 0.0555. The van der Waals surface area contributed by atoms with Crippen LogP contribution in [0, 0.1) is 0 Å². The van der Waals surface area contributed by atoms with Gasteiger partial charge in [-0.25, -0.2) is 0 Å². The van der Waals surface area contributed by atoms with Gasteiger partial charge in [0.15, 0.2) is 0 Å². The van der Waals surface area contributed by atoms with Crippen molar-refractivity contribution < 1.29 is 14.4 Å². The van der Waals surface area contributed by atoms with Crippen LogP contribution in [0.25, 0.3) is 0 Å². The van der Waals surface area contributed by atoms with Crippen molar-refractivity contribution in [1.82, 2.24) is 0 Å². The Morgan fingerprint density at radius 2 is 1.25 bits per heavy atom. The lowest BCUT2D eigenvalue weighted by molar-refractivity contribution is 0.386. The number of rotatable bonds is 13. The summed E-state index contributed by atoms with van der Waals surface area (Å²) in [5, 5.41) is -0.182. The van der Waals surface area contributed by atoms with E-state index in [2.05, 4.69) is 20.8 Å². The summed E-state index contributed by atoms with van der Waals surface area (Å²) in [4.78, 5) is 18.6. The minimum Gasteiger partial charge on any atom is -0.332 e. The van der Waals surface area contributed by atoms with Gasteiger partial charge >= 0.3 is 0 Å². The van der Waals surface area contributed by atoms with Crippen molar-refractivity contribution in [3.63, 3.8) is 0 Å². The molecule has 0 aromatic heterocycles. The van der Waals surface area contributed by atoms with Crippen molar-refractivity contribution in [2.45, 2.75) is 96.7 Å². The smallest absolute Gasteiger partial charge is 0.275 e. The highest BCUT2D eigenvalue weighted by atomic mass is 31.2. The van der Waals surface area contributed by atoms with Crippen molar-refractivity contribution >= 4 is 14.5 Å². The number of unbranched alkanes of at least 4 members (excludes halogenated alkanes) is 7. The molecule has 0 bridgehead atoms. The fraction of sp³-hybridized carbons (Fsp3) is 1.00. The molecule has 0 spiro atoms. The van der Waals surface area contributed by atoms with Gasteiger partial charge in [-0.3, -0.25) is 4.57 Å². The largest absolute Gasteiger partial charge is 0.332 e. The van der Waals surface area contributed by atoms with Gasteiger partial charge in [-0.1, -0.05) is 91.4 Å². The zero-order valence-electron chi connectivity index (χ0n) is 13.7. The van der Waals surface area contributed by atoms with Crippen molar-refractivity contribution in [3.8, 4) is 0 Å². The maximum Gasteiger partial charge on any atom is 0.275 e. The standard InChI is InChI=1S/C15H34BO3P/c1-4-6-8-10-12-14-15(3,16-20(17,18)19)13-11-9-7-5-2/h16H,4-14H2,1-3H3,(H2,17,18,19). The molecule has 0 radical (unpaired) electrons. The summed E-state index contributed by atoms with van der Waals surface area (Å²) in [6.07, 6.45) is 12.7. The van der Waals surface area contributed by atoms with Gasteiger partial charge in [0.2, 0.25) is 0 Å². The second-order valence-corrected chi connectivity index (χ2v) is 8.25. The first kappa shape index (κ1) is 20.2. The van der Waals surface area contributed by atoms with Gasteiger partial charge in [0.1, 0.15) is 0 Å². The molecule has 0 amide bonds. The van der Waals surface area contributed by atoms with Gasteiger partial charge in [-0.05, 0) is 5.31 Å². The molecule has 0 aliphatic rings. The molecule has 1 unspecified atom stereocenters. The molecule has 5 heteroatoms. The first-order valence-corrected chi connectivity index (χ1v) is 10.2. The van der Waals surface area contributed by atoms with E-state index in [1.807, 2.05) is 0 Å². The summed E-state index contributed by atoms with van der Waals surface area (Å²) in [7, 11) is -3.90. The van der Waals surface area contributed by atoms with E-state index < -0.39 is 7.47 Å². The monoisotopic (exact) mass is 304 g/mol. The van der Waals surface area contributed by atoms with Crippen LogP contribution in [-0.4, -0.2) is 16.8 Å². The molecule has 0 aliphatic heterocycles. The van der Waals surface area contributed by atoms with Gasteiger partial charge in [-0.2, -0.15) is 0 Å². The highest BCUT2D eigenvalue weighted by Crippen LogP contribution is 2.48. The van der Waals surface area contributed by atoms with E-state index in [0.29, 0.717) is 0 Å². The molecule has 20 heavy (non-hydrogen) atoms. The zero-order valence-corrected chi connectivity index (χ0v) is 14.6. The minimum atomic E-state index is -3.90. The molecule has 0 fully saturated rings. The van der Waals surface area contributed by atoms with Crippen LogP contribution >= 0.6 is 7.47 Å². The van der Waals surface area contributed by atoms with E-state index in [9.17, 15) is 14.4 Å². The molecular weight excluding hydrogens is 270 g/mol. The maximum absolute atomic E-state index is 11.4. The molecule has 0 heterocycles. The van der Waals surface area contributed by atoms with Gasteiger partial charge in [0.05, 0.1) is 0 Å². The average Bonchev–Trinajstić information content (AvgIpc) is 2.32. The quantitative estimate of drug-likeness (QED) is 0.285. The predicted octanol–water partition coefficient (Wildman–Crippen LogP) is 5.03. The molecule has 0 rings (SSSR count). The summed E-state index contributed by atoms with van der Waals surface area (Å²) in [6.45, 7) is 6.51. The Morgan fingerprint density at radius 3 is 1.65 bits per heavy atom. The van der Waals surface area contributed by atoms with Crippen LogP contribution in [0.15, 0.2) is 0 Å². The third-order valence-corrected chi connectivity index (χ3v) is 5.28. The normalized spacial score (nSPS) is 15.1. The van der Waals surface area contributed by atoms with Crippen LogP contribution in [0.5, 0.6) is 0 Å². The molecule has 2 N–H and O–H groups in total. The van der Waals surface area contributed by atoms with E-state index in [1.165, 1.54) is 44.9 Å². The Hall–Kier alpha value is 0.215.